The molecule has 0 aliphatic heterocycles. The molecular weight excluding hydrogens is 198 g/mol. The predicted octanol–water partition coefficient (Wildman–Crippen LogP) is 2.46. The van der Waals surface area contributed by atoms with Gasteiger partial charge >= 0.3 is 0 Å². The Morgan fingerprint density at radius 1 is 1.19 bits per heavy atom. The quantitative estimate of drug-likeness (QED) is 0.723. The molecule has 0 amide bonds. The number of rotatable bonds is 6. The minimum Gasteiger partial charge on any atom is -0.396 e. The molecule has 2 nitrogen and oxygen atoms in total. The molecule has 1 aromatic rings. The molecule has 0 saturated carbocycles. The molecule has 90 valence electrons. The third-order valence-corrected chi connectivity index (χ3v) is 2.99. The molecule has 0 heterocycles. The summed E-state index contributed by atoms with van der Waals surface area (Å²) >= 11 is 0. The number of hydrogen-bond donors (Lipinski definition) is 2. The Bertz CT molecular complexity index is 303. The Morgan fingerprint density at radius 2 is 1.81 bits per heavy atom. The molecule has 0 fully saturated rings. The Hall–Kier alpha value is -0.860. The highest BCUT2D eigenvalue weighted by molar-refractivity contribution is 5.27. The highest BCUT2D eigenvalue weighted by Crippen LogP contribution is 2.20. The van der Waals surface area contributed by atoms with E-state index in [1.807, 2.05) is 0 Å². The Labute approximate surface area is 98.7 Å². The second kappa shape index (κ2) is 6.02. The fraction of sp³-hybridized carbons (Fsp3) is 0.571. The molecule has 0 bridgehead atoms. The van der Waals surface area contributed by atoms with Crippen LogP contribution in [0.5, 0.6) is 0 Å². The van der Waals surface area contributed by atoms with Crippen LogP contribution in [0, 0.1) is 0 Å². The summed E-state index contributed by atoms with van der Waals surface area (Å²) in [6, 6.07) is 8.74. The Morgan fingerprint density at radius 3 is 2.31 bits per heavy atom. The fourth-order valence-corrected chi connectivity index (χ4v) is 1.74. The molecule has 1 aromatic carbocycles. The van der Waals surface area contributed by atoms with Crippen molar-refractivity contribution in [2.24, 2.45) is 0 Å². The number of nitrogens with one attached hydrogen (secondary N) is 1. The van der Waals surface area contributed by atoms with Gasteiger partial charge in [0, 0.05) is 12.1 Å². The van der Waals surface area contributed by atoms with E-state index in [2.05, 4.69) is 50.4 Å². The molecule has 0 unspecified atom stereocenters. The molecule has 0 radical (unpaired) electrons. The lowest BCUT2D eigenvalue weighted by Gasteiger charge is -2.27. The zero-order chi connectivity index (χ0) is 12.0. The topological polar surface area (TPSA) is 32.3 Å². The third-order valence-electron chi connectivity index (χ3n) is 2.99. The van der Waals surface area contributed by atoms with Gasteiger partial charge in [0.1, 0.15) is 0 Å². The van der Waals surface area contributed by atoms with Gasteiger partial charge < -0.3 is 10.4 Å². The van der Waals surface area contributed by atoms with E-state index in [1.165, 1.54) is 11.1 Å². The van der Waals surface area contributed by atoms with Crippen molar-refractivity contribution in [2.75, 3.05) is 13.2 Å². The summed E-state index contributed by atoms with van der Waals surface area (Å²) in [5.41, 5.74) is 2.64. The number of benzene rings is 1. The minimum atomic E-state index is -0.0263. The van der Waals surface area contributed by atoms with E-state index in [0.717, 1.165) is 19.4 Å². The van der Waals surface area contributed by atoms with E-state index < -0.39 is 0 Å². The summed E-state index contributed by atoms with van der Waals surface area (Å²) in [6.07, 6.45) is 1.88. The molecule has 0 spiro atoms. The van der Waals surface area contributed by atoms with Crippen molar-refractivity contribution in [3.63, 3.8) is 0 Å². The molecule has 2 heteroatoms. The van der Waals surface area contributed by atoms with Crippen LogP contribution in [0.1, 0.15) is 38.3 Å². The number of aliphatic hydroxyl groups is 1. The van der Waals surface area contributed by atoms with Crippen LogP contribution in [0.2, 0.25) is 0 Å². The van der Waals surface area contributed by atoms with Crippen LogP contribution >= 0.6 is 0 Å². The van der Waals surface area contributed by atoms with Crippen LogP contribution in [0.25, 0.3) is 0 Å². The largest absolute Gasteiger partial charge is 0.396 e. The maximum Gasteiger partial charge on any atom is 0.0443 e. The van der Waals surface area contributed by atoms with Gasteiger partial charge in [0.25, 0.3) is 0 Å². The lowest BCUT2D eigenvalue weighted by atomic mass is 9.93. The van der Waals surface area contributed by atoms with E-state index in [4.69, 9.17) is 5.11 Å². The van der Waals surface area contributed by atoms with Crippen molar-refractivity contribution in [1.29, 1.82) is 0 Å². The smallest absolute Gasteiger partial charge is 0.0443 e. The maximum absolute atomic E-state index is 8.76. The predicted molar refractivity (Wildman–Crippen MR) is 68.6 cm³/mol. The van der Waals surface area contributed by atoms with Gasteiger partial charge in [-0.25, -0.2) is 0 Å². The first-order valence-corrected chi connectivity index (χ1v) is 6.05. The van der Waals surface area contributed by atoms with Crippen molar-refractivity contribution >= 4 is 0 Å². The second-order valence-corrected chi connectivity index (χ2v) is 4.68. The lowest BCUT2D eigenvalue weighted by molar-refractivity contribution is 0.275. The summed E-state index contributed by atoms with van der Waals surface area (Å²) in [5, 5.41) is 12.2. The second-order valence-electron chi connectivity index (χ2n) is 4.68. The monoisotopic (exact) mass is 221 g/mol. The summed E-state index contributed by atoms with van der Waals surface area (Å²) in [4.78, 5) is 0. The molecule has 2 N–H and O–H groups in total. The van der Waals surface area contributed by atoms with Crippen molar-refractivity contribution < 1.29 is 5.11 Å². The molecule has 0 aliphatic carbocycles. The average molecular weight is 221 g/mol. The SMILES string of the molecule is CCc1ccc(C(C)(C)NCCCO)cc1. The first-order chi connectivity index (χ1) is 7.60. The van der Waals surface area contributed by atoms with E-state index in [-0.39, 0.29) is 12.1 Å². The van der Waals surface area contributed by atoms with Gasteiger partial charge in [0.05, 0.1) is 0 Å². The van der Waals surface area contributed by atoms with Gasteiger partial charge in [-0.2, -0.15) is 0 Å². The maximum atomic E-state index is 8.76. The van der Waals surface area contributed by atoms with Crippen LogP contribution in [-0.4, -0.2) is 18.3 Å². The molecule has 0 aliphatic rings. The number of aryl methyl sites for hydroxylation is 1. The van der Waals surface area contributed by atoms with Gasteiger partial charge in [-0.15, -0.1) is 0 Å². The fourth-order valence-electron chi connectivity index (χ4n) is 1.74. The van der Waals surface area contributed by atoms with Crippen LogP contribution in [-0.2, 0) is 12.0 Å². The van der Waals surface area contributed by atoms with Gasteiger partial charge in [-0.05, 0) is 44.4 Å². The summed E-state index contributed by atoms with van der Waals surface area (Å²) in [5.74, 6) is 0. The summed E-state index contributed by atoms with van der Waals surface area (Å²) in [7, 11) is 0. The van der Waals surface area contributed by atoms with Crippen molar-refractivity contribution in [3.05, 3.63) is 35.4 Å². The standard InChI is InChI=1S/C14H23NO/c1-4-12-6-8-13(9-7-12)14(2,3)15-10-5-11-16/h6-9,15-16H,4-5,10-11H2,1-3H3. The highest BCUT2D eigenvalue weighted by atomic mass is 16.3. The van der Waals surface area contributed by atoms with E-state index in [0.29, 0.717) is 0 Å². The zero-order valence-electron chi connectivity index (χ0n) is 10.6. The molecule has 0 saturated heterocycles. The van der Waals surface area contributed by atoms with E-state index in [1.54, 1.807) is 0 Å². The first-order valence-electron chi connectivity index (χ1n) is 6.05. The third kappa shape index (κ3) is 3.62. The van der Waals surface area contributed by atoms with Crippen molar-refractivity contribution in [1.82, 2.24) is 5.32 Å². The van der Waals surface area contributed by atoms with Gasteiger partial charge in [-0.1, -0.05) is 31.2 Å². The summed E-state index contributed by atoms with van der Waals surface area (Å²) in [6.45, 7) is 7.60. The minimum absolute atomic E-state index is 0.0263. The average Bonchev–Trinajstić information content (AvgIpc) is 2.29. The highest BCUT2D eigenvalue weighted by Gasteiger charge is 2.18. The Kier molecular flexibility index (Phi) is 4.97. The van der Waals surface area contributed by atoms with Gasteiger partial charge in [0.2, 0.25) is 0 Å². The molecule has 16 heavy (non-hydrogen) atoms. The van der Waals surface area contributed by atoms with Gasteiger partial charge in [-0.3, -0.25) is 0 Å². The normalized spacial score (nSPS) is 11.8. The molecule has 0 aromatic heterocycles. The number of hydrogen-bond acceptors (Lipinski definition) is 2. The first kappa shape index (κ1) is 13.2. The van der Waals surface area contributed by atoms with Crippen LogP contribution in [0.4, 0.5) is 0 Å². The summed E-state index contributed by atoms with van der Waals surface area (Å²) < 4.78 is 0. The zero-order valence-corrected chi connectivity index (χ0v) is 10.6. The molecule has 1 rings (SSSR count). The van der Waals surface area contributed by atoms with Crippen LogP contribution in [0.3, 0.4) is 0 Å². The van der Waals surface area contributed by atoms with Crippen molar-refractivity contribution in [2.45, 2.75) is 39.2 Å². The van der Waals surface area contributed by atoms with E-state index >= 15 is 0 Å². The van der Waals surface area contributed by atoms with E-state index in [9.17, 15) is 0 Å². The number of aliphatic hydroxyl groups excluding tert-OH is 1. The van der Waals surface area contributed by atoms with Gasteiger partial charge in [0.15, 0.2) is 0 Å². The Balaban J connectivity index is 2.65. The van der Waals surface area contributed by atoms with Crippen molar-refractivity contribution in [3.8, 4) is 0 Å². The van der Waals surface area contributed by atoms with Crippen LogP contribution in [0.15, 0.2) is 24.3 Å². The lowest BCUT2D eigenvalue weighted by Crippen LogP contribution is -2.37. The van der Waals surface area contributed by atoms with Crippen LogP contribution < -0.4 is 5.32 Å². The molecular formula is C14H23NO. The molecule has 0 atom stereocenters.